The molecule has 1 N–H and O–H groups in total. The molecule has 14 heteroatoms. The van der Waals surface area contributed by atoms with E-state index < -0.39 is 42.2 Å². The summed E-state index contributed by atoms with van der Waals surface area (Å²) in [4.78, 5) is 45.0. The van der Waals surface area contributed by atoms with Crippen molar-refractivity contribution in [2.45, 2.75) is 32.6 Å². The highest BCUT2D eigenvalue weighted by molar-refractivity contribution is 7.87. The topological polar surface area (TPSA) is 197 Å². The van der Waals surface area contributed by atoms with Crippen LogP contribution < -0.4 is 9.61 Å². The summed E-state index contributed by atoms with van der Waals surface area (Å²) < 4.78 is 38.4. The first-order chi connectivity index (χ1) is 20.6. The molecular formula is C30H22N2O11S. The summed E-state index contributed by atoms with van der Waals surface area (Å²) >= 11 is 0. The van der Waals surface area contributed by atoms with Crippen molar-refractivity contribution in [1.29, 1.82) is 0 Å². The lowest BCUT2D eigenvalue weighted by Crippen LogP contribution is -2.14. The van der Waals surface area contributed by atoms with Gasteiger partial charge in [0.15, 0.2) is 16.1 Å². The Balaban J connectivity index is 1.83. The minimum atomic E-state index is -4.92. The van der Waals surface area contributed by atoms with Crippen molar-refractivity contribution < 1.29 is 36.8 Å². The molecule has 0 spiro atoms. The van der Waals surface area contributed by atoms with Crippen LogP contribution in [0.5, 0.6) is 5.75 Å². The van der Waals surface area contributed by atoms with Crippen LogP contribution in [0.3, 0.4) is 0 Å². The highest BCUT2D eigenvalue weighted by Crippen LogP contribution is 2.46. The van der Waals surface area contributed by atoms with Crippen molar-refractivity contribution in [3.63, 3.8) is 0 Å². The summed E-state index contributed by atoms with van der Waals surface area (Å²) in [6.45, 7) is 6.19. The number of nitro benzene ring substituents is 2. The van der Waals surface area contributed by atoms with Crippen molar-refractivity contribution in [2.24, 2.45) is 0 Å². The summed E-state index contributed by atoms with van der Waals surface area (Å²) in [5.41, 5.74) is 0.271. The first kappa shape index (κ1) is 29.8. The van der Waals surface area contributed by atoms with Gasteiger partial charge < -0.3 is 13.7 Å². The predicted molar refractivity (Wildman–Crippen MR) is 158 cm³/mol. The molecular weight excluding hydrogens is 596 g/mol. The van der Waals surface area contributed by atoms with Crippen LogP contribution >= 0.6 is 0 Å². The molecule has 1 aliphatic carbocycles. The quantitative estimate of drug-likeness (QED) is 0.0959. The SMILES string of the molecule is Cc1cc2c(-c3ccccc3C(=O)O)c3cc(C)c(=O)c(C)c-3oc2c(C)c1OS(=O)(=O)c1ccc([N+](=O)[O-])cc1[N+](=O)[O-]. The van der Waals surface area contributed by atoms with Crippen LogP contribution in [0.4, 0.5) is 11.4 Å². The third-order valence-electron chi connectivity index (χ3n) is 7.27. The Morgan fingerprint density at radius 2 is 1.57 bits per heavy atom. The summed E-state index contributed by atoms with van der Waals surface area (Å²) in [6.07, 6.45) is 0. The second-order valence-electron chi connectivity index (χ2n) is 10.1. The number of carboxylic acid groups (broad SMARTS) is 1. The van der Waals surface area contributed by atoms with Gasteiger partial charge in [-0.1, -0.05) is 18.2 Å². The van der Waals surface area contributed by atoms with E-state index in [0.29, 0.717) is 33.7 Å². The Hall–Kier alpha value is -5.63. The Morgan fingerprint density at radius 1 is 0.886 bits per heavy atom. The number of carbonyl (C=O) groups is 1. The van der Waals surface area contributed by atoms with Crippen LogP contribution in [0, 0.1) is 47.9 Å². The van der Waals surface area contributed by atoms with E-state index in [9.17, 15) is 43.3 Å². The number of hydrogen-bond acceptors (Lipinski definition) is 10. The zero-order chi connectivity index (χ0) is 32.2. The summed E-state index contributed by atoms with van der Waals surface area (Å²) in [6, 6.07) is 11.5. The van der Waals surface area contributed by atoms with E-state index in [0.717, 1.165) is 12.1 Å². The van der Waals surface area contributed by atoms with Gasteiger partial charge in [0.25, 0.3) is 11.4 Å². The van der Waals surface area contributed by atoms with Crippen molar-refractivity contribution in [3.05, 3.63) is 113 Å². The van der Waals surface area contributed by atoms with Gasteiger partial charge in [-0.3, -0.25) is 25.0 Å². The smallest absolute Gasteiger partial charge is 0.346 e. The molecule has 0 aromatic heterocycles. The zero-order valence-corrected chi connectivity index (χ0v) is 24.3. The number of benzene rings is 4. The monoisotopic (exact) mass is 618 g/mol. The molecule has 1 aliphatic heterocycles. The second kappa shape index (κ2) is 10.6. The van der Waals surface area contributed by atoms with Gasteiger partial charge in [0.2, 0.25) is 0 Å². The third kappa shape index (κ3) is 4.80. The van der Waals surface area contributed by atoms with Crippen LogP contribution in [0.25, 0.3) is 33.4 Å². The van der Waals surface area contributed by atoms with E-state index in [2.05, 4.69) is 0 Å². The maximum atomic E-state index is 13.4. The fourth-order valence-electron chi connectivity index (χ4n) is 5.21. The Morgan fingerprint density at radius 3 is 2.20 bits per heavy atom. The molecule has 2 aliphatic rings. The van der Waals surface area contributed by atoms with E-state index in [4.69, 9.17) is 8.60 Å². The molecule has 3 aromatic rings. The number of aryl methyl sites for hydroxylation is 3. The van der Waals surface area contributed by atoms with Gasteiger partial charge in [-0.05, 0) is 68.7 Å². The highest BCUT2D eigenvalue weighted by atomic mass is 32.2. The number of fused-ring (bicyclic) bond motifs is 2. The van der Waals surface area contributed by atoms with Gasteiger partial charge >= 0.3 is 16.1 Å². The van der Waals surface area contributed by atoms with Crippen molar-refractivity contribution in [1.82, 2.24) is 0 Å². The molecule has 0 fully saturated rings. The molecule has 44 heavy (non-hydrogen) atoms. The van der Waals surface area contributed by atoms with Crippen molar-refractivity contribution >= 4 is 38.4 Å². The molecule has 224 valence electrons. The number of non-ortho nitro benzene ring substituents is 1. The number of aromatic carboxylic acids is 1. The van der Waals surface area contributed by atoms with Gasteiger partial charge in [0, 0.05) is 33.7 Å². The molecule has 0 atom stereocenters. The summed E-state index contributed by atoms with van der Waals surface area (Å²) in [5, 5.41) is 33.1. The number of nitro groups is 2. The second-order valence-corrected chi connectivity index (χ2v) is 11.6. The molecule has 3 aromatic carbocycles. The van der Waals surface area contributed by atoms with Gasteiger partial charge in [-0.25, -0.2) is 4.79 Å². The third-order valence-corrected chi connectivity index (χ3v) is 8.54. The van der Waals surface area contributed by atoms with Crippen LogP contribution in [0.15, 0.2) is 68.7 Å². The lowest BCUT2D eigenvalue weighted by molar-refractivity contribution is -0.396. The van der Waals surface area contributed by atoms with Gasteiger partial charge in [0.1, 0.15) is 11.3 Å². The standard InChI is InChI=1S/C30H22N2O11S/c1-14-11-21-25(19-7-5-6-8-20(19)30(34)35)22-12-15(2)27(17(4)29(22)42-28(21)16(3)26(14)33)43-44(40,41)24-10-9-18(31(36)37)13-23(24)32(38)39/h5-13H,1-4H3,(H,34,35). The average molecular weight is 619 g/mol. The van der Waals surface area contributed by atoms with E-state index in [-0.39, 0.29) is 44.8 Å². The predicted octanol–water partition coefficient (Wildman–Crippen LogP) is 6.08. The summed E-state index contributed by atoms with van der Waals surface area (Å²) in [7, 11) is -4.92. The van der Waals surface area contributed by atoms with Crippen LogP contribution in [-0.4, -0.2) is 29.3 Å². The van der Waals surface area contributed by atoms with E-state index in [1.54, 1.807) is 38.1 Å². The Kier molecular flexibility index (Phi) is 7.17. The molecule has 13 nitrogen and oxygen atoms in total. The lowest BCUT2D eigenvalue weighted by atomic mass is 9.87. The number of rotatable bonds is 7. The van der Waals surface area contributed by atoms with E-state index >= 15 is 0 Å². The molecule has 0 amide bonds. The van der Waals surface area contributed by atoms with Crippen LogP contribution in [0.2, 0.25) is 0 Å². The van der Waals surface area contributed by atoms with E-state index in [1.807, 2.05) is 0 Å². The minimum absolute atomic E-state index is 0.0218. The van der Waals surface area contributed by atoms with Crippen LogP contribution in [-0.2, 0) is 10.1 Å². The number of carboxylic acids is 1. The average Bonchev–Trinajstić information content (AvgIpc) is 2.97. The van der Waals surface area contributed by atoms with Gasteiger partial charge in [-0.2, -0.15) is 8.42 Å². The maximum absolute atomic E-state index is 13.4. The fourth-order valence-corrected chi connectivity index (χ4v) is 6.40. The van der Waals surface area contributed by atoms with Crippen molar-refractivity contribution in [3.8, 4) is 28.2 Å². The van der Waals surface area contributed by atoms with Gasteiger partial charge in [-0.15, -0.1) is 0 Å². The highest BCUT2D eigenvalue weighted by Gasteiger charge is 2.32. The molecule has 0 unspecified atom stereocenters. The first-order valence-electron chi connectivity index (χ1n) is 12.8. The lowest BCUT2D eigenvalue weighted by Gasteiger charge is -2.21. The first-order valence-corrected chi connectivity index (χ1v) is 14.3. The Bertz CT molecular complexity index is 2220. The summed E-state index contributed by atoms with van der Waals surface area (Å²) in [5.74, 6) is -1.28. The van der Waals surface area contributed by atoms with Crippen molar-refractivity contribution in [2.75, 3.05) is 0 Å². The Labute approximate surface area is 248 Å². The molecule has 0 saturated heterocycles. The van der Waals surface area contributed by atoms with Crippen LogP contribution in [0.1, 0.15) is 32.6 Å². The largest absolute Gasteiger partial charge is 0.478 e. The maximum Gasteiger partial charge on any atom is 0.346 e. The minimum Gasteiger partial charge on any atom is -0.478 e. The molecule has 1 heterocycles. The number of hydrogen-bond donors (Lipinski definition) is 1. The fraction of sp³-hybridized carbons (Fsp3) is 0.133. The molecule has 0 bridgehead atoms. The normalized spacial score (nSPS) is 11.5. The van der Waals surface area contributed by atoms with Gasteiger partial charge in [0.05, 0.1) is 21.5 Å². The molecule has 5 rings (SSSR count). The molecule has 0 saturated carbocycles. The zero-order valence-electron chi connectivity index (χ0n) is 23.5. The van der Waals surface area contributed by atoms with E-state index in [1.165, 1.54) is 26.0 Å². The number of nitrogens with zero attached hydrogens (tertiary/aromatic N) is 2. The molecule has 0 radical (unpaired) electrons.